The fourth-order valence-corrected chi connectivity index (χ4v) is 2.14. The second kappa shape index (κ2) is 10.4. The number of hydrogen-bond donors (Lipinski definition) is 2. The van der Waals surface area contributed by atoms with Crippen LogP contribution in [-0.2, 0) is 11.3 Å². The van der Waals surface area contributed by atoms with Gasteiger partial charge in [0, 0.05) is 18.7 Å². The molecule has 0 fully saturated rings. The third-order valence-electron chi connectivity index (χ3n) is 3.30. The van der Waals surface area contributed by atoms with Crippen molar-refractivity contribution in [1.29, 1.82) is 0 Å². The second-order valence-electron chi connectivity index (χ2n) is 5.19. The molecule has 0 spiro atoms. The molecule has 1 rings (SSSR count). The fraction of sp³-hybridized carbons (Fsp3) is 0.588. The van der Waals surface area contributed by atoms with E-state index in [9.17, 15) is 4.79 Å². The minimum Gasteiger partial charge on any atom is -0.326 e. The average Bonchev–Trinajstić information content (AvgIpc) is 2.45. The van der Waals surface area contributed by atoms with Crippen LogP contribution in [0.1, 0.15) is 57.9 Å². The van der Waals surface area contributed by atoms with E-state index in [0.29, 0.717) is 6.42 Å². The summed E-state index contributed by atoms with van der Waals surface area (Å²) in [4.78, 5) is 11.8. The van der Waals surface area contributed by atoms with Crippen LogP contribution in [0.25, 0.3) is 0 Å². The van der Waals surface area contributed by atoms with Gasteiger partial charge >= 0.3 is 0 Å². The lowest BCUT2D eigenvalue weighted by Gasteiger charge is -2.08. The molecule has 2 N–H and O–H groups in total. The number of carbonyl (C=O) groups excluding carboxylic acids is 1. The maximum Gasteiger partial charge on any atom is 0.224 e. The zero-order valence-corrected chi connectivity index (χ0v) is 12.9. The number of unbranched alkanes of at least 4 members (excludes halogenated alkanes) is 4. The largest absolute Gasteiger partial charge is 0.326 e. The summed E-state index contributed by atoms with van der Waals surface area (Å²) in [6.45, 7) is 6.09. The molecule has 112 valence electrons. The van der Waals surface area contributed by atoms with Crippen LogP contribution in [0.3, 0.4) is 0 Å². The van der Waals surface area contributed by atoms with Crippen LogP contribution in [0.15, 0.2) is 24.3 Å². The Morgan fingerprint density at radius 1 is 1.10 bits per heavy atom. The third kappa shape index (κ3) is 7.29. The Balaban J connectivity index is 2.30. The van der Waals surface area contributed by atoms with E-state index in [-0.39, 0.29) is 5.91 Å². The highest BCUT2D eigenvalue weighted by molar-refractivity contribution is 5.90. The van der Waals surface area contributed by atoms with Gasteiger partial charge in [-0.05, 0) is 30.7 Å². The first-order valence-corrected chi connectivity index (χ1v) is 7.85. The Bertz CT molecular complexity index is 390. The number of nitrogens with one attached hydrogen (secondary N) is 2. The highest BCUT2D eigenvalue weighted by atomic mass is 16.1. The van der Waals surface area contributed by atoms with Crippen molar-refractivity contribution in [2.75, 3.05) is 11.9 Å². The van der Waals surface area contributed by atoms with E-state index in [4.69, 9.17) is 0 Å². The fourth-order valence-electron chi connectivity index (χ4n) is 2.14. The minimum absolute atomic E-state index is 0.127. The van der Waals surface area contributed by atoms with Crippen molar-refractivity contribution in [3.05, 3.63) is 29.8 Å². The van der Waals surface area contributed by atoms with Gasteiger partial charge in [0.25, 0.3) is 0 Å². The van der Waals surface area contributed by atoms with Crippen molar-refractivity contribution >= 4 is 11.6 Å². The van der Waals surface area contributed by atoms with E-state index < -0.39 is 0 Å². The van der Waals surface area contributed by atoms with Crippen LogP contribution in [0.5, 0.6) is 0 Å². The molecule has 20 heavy (non-hydrogen) atoms. The third-order valence-corrected chi connectivity index (χ3v) is 3.30. The Kier molecular flexibility index (Phi) is 8.72. The number of rotatable bonds is 10. The Morgan fingerprint density at radius 2 is 1.90 bits per heavy atom. The summed E-state index contributed by atoms with van der Waals surface area (Å²) >= 11 is 0. The van der Waals surface area contributed by atoms with Gasteiger partial charge in [-0.25, -0.2) is 0 Å². The van der Waals surface area contributed by atoms with E-state index in [1.54, 1.807) is 0 Å². The molecule has 3 nitrogen and oxygen atoms in total. The summed E-state index contributed by atoms with van der Waals surface area (Å²) in [6.07, 6.45) is 6.52. The van der Waals surface area contributed by atoms with Crippen molar-refractivity contribution in [1.82, 2.24) is 5.32 Å². The SMILES string of the molecule is CCCCCCCC(=O)Nc1cccc(CNCC)c1. The molecule has 0 aliphatic rings. The Hall–Kier alpha value is -1.35. The monoisotopic (exact) mass is 276 g/mol. The molecule has 1 amide bonds. The van der Waals surface area contributed by atoms with Crippen molar-refractivity contribution in [3.63, 3.8) is 0 Å². The zero-order chi connectivity index (χ0) is 14.6. The zero-order valence-electron chi connectivity index (χ0n) is 12.9. The van der Waals surface area contributed by atoms with Crippen LogP contribution in [0, 0.1) is 0 Å². The predicted octanol–water partition coefficient (Wildman–Crippen LogP) is 4.10. The number of hydrogen-bond acceptors (Lipinski definition) is 2. The van der Waals surface area contributed by atoms with E-state index in [0.717, 1.165) is 31.6 Å². The first kappa shape index (κ1) is 16.7. The molecule has 0 saturated heterocycles. The lowest BCUT2D eigenvalue weighted by Crippen LogP contribution is -2.13. The van der Waals surface area contributed by atoms with Gasteiger partial charge in [0.2, 0.25) is 5.91 Å². The van der Waals surface area contributed by atoms with Gasteiger partial charge in [-0.1, -0.05) is 51.7 Å². The highest BCUT2D eigenvalue weighted by Crippen LogP contribution is 2.12. The lowest BCUT2D eigenvalue weighted by atomic mass is 10.1. The molecule has 0 atom stereocenters. The maximum atomic E-state index is 11.8. The predicted molar refractivity (Wildman–Crippen MR) is 85.8 cm³/mol. The molecular weight excluding hydrogens is 248 g/mol. The van der Waals surface area contributed by atoms with Gasteiger partial charge in [0.05, 0.1) is 0 Å². The molecule has 1 aromatic rings. The highest BCUT2D eigenvalue weighted by Gasteiger charge is 2.03. The maximum absolute atomic E-state index is 11.8. The van der Waals surface area contributed by atoms with Crippen LogP contribution in [-0.4, -0.2) is 12.5 Å². The summed E-state index contributed by atoms with van der Waals surface area (Å²) < 4.78 is 0. The molecule has 3 heteroatoms. The standard InChI is InChI=1S/C17H28N2O/c1-3-5-6-7-8-12-17(20)19-16-11-9-10-15(13-16)14-18-4-2/h9-11,13,18H,3-8,12,14H2,1-2H3,(H,19,20). The van der Waals surface area contributed by atoms with E-state index in [2.05, 4.69) is 30.5 Å². The molecule has 0 aliphatic carbocycles. The summed E-state index contributed by atoms with van der Waals surface area (Å²) in [5, 5.41) is 6.27. The molecular formula is C17H28N2O. The van der Waals surface area contributed by atoms with E-state index in [1.165, 1.54) is 24.8 Å². The topological polar surface area (TPSA) is 41.1 Å². The summed E-state index contributed by atoms with van der Waals surface area (Å²) in [6, 6.07) is 8.05. The van der Waals surface area contributed by atoms with Crippen LogP contribution in [0.4, 0.5) is 5.69 Å². The van der Waals surface area contributed by atoms with E-state index in [1.807, 2.05) is 18.2 Å². The number of amides is 1. The van der Waals surface area contributed by atoms with Crippen molar-refractivity contribution in [2.45, 2.75) is 58.9 Å². The van der Waals surface area contributed by atoms with Gasteiger partial charge < -0.3 is 10.6 Å². The number of anilines is 1. The second-order valence-corrected chi connectivity index (χ2v) is 5.19. The van der Waals surface area contributed by atoms with Crippen molar-refractivity contribution in [3.8, 4) is 0 Å². The van der Waals surface area contributed by atoms with Crippen LogP contribution in [0.2, 0.25) is 0 Å². The molecule has 0 unspecified atom stereocenters. The molecule has 1 aromatic carbocycles. The Labute approximate surface area is 123 Å². The van der Waals surface area contributed by atoms with Gasteiger partial charge in [0.1, 0.15) is 0 Å². The summed E-state index contributed by atoms with van der Waals surface area (Å²) in [5.41, 5.74) is 2.10. The molecule has 0 radical (unpaired) electrons. The summed E-state index contributed by atoms with van der Waals surface area (Å²) in [5.74, 6) is 0.127. The number of carbonyl (C=O) groups is 1. The van der Waals surface area contributed by atoms with Gasteiger partial charge in [0.15, 0.2) is 0 Å². The summed E-state index contributed by atoms with van der Waals surface area (Å²) in [7, 11) is 0. The first-order chi connectivity index (χ1) is 9.76. The molecule has 0 aromatic heterocycles. The van der Waals surface area contributed by atoms with Crippen LogP contribution < -0.4 is 10.6 Å². The van der Waals surface area contributed by atoms with Gasteiger partial charge in [-0.3, -0.25) is 4.79 Å². The quantitative estimate of drug-likeness (QED) is 0.632. The van der Waals surface area contributed by atoms with Gasteiger partial charge in [-0.15, -0.1) is 0 Å². The van der Waals surface area contributed by atoms with E-state index >= 15 is 0 Å². The normalized spacial score (nSPS) is 10.5. The lowest BCUT2D eigenvalue weighted by molar-refractivity contribution is -0.116. The first-order valence-electron chi connectivity index (χ1n) is 7.85. The molecule has 0 heterocycles. The van der Waals surface area contributed by atoms with Crippen molar-refractivity contribution in [2.24, 2.45) is 0 Å². The average molecular weight is 276 g/mol. The Morgan fingerprint density at radius 3 is 2.65 bits per heavy atom. The van der Waals surface area contributed by atoms with Gasteiger partial charge in [-0.2, -0.15) is 0 Å². The molecule has 0 aliphatic heterocycles. The minimum atomic E-state index is 0.127. The molecule has 0 saturated carbocycles. The number of benzene rings is 1. The smallest absolute Gasteiger partial charge is 0.224 e. The molecule has 0 bridgehead atoms. The van der Waals surface area contributed by atoms with Crippen molar-refractivity contribution < 1.29 is 4.79 Å². The van der Waals surface area contributed by atoms with Crippen LogP contribution >= 0.6 is 0 Å².